The minimum atomic E-state index is 0.239. The molecule has 1 aliphatic heterocycles. The molecule has 0 atom stereocenters. The summed E-state index contributed by atoms with van der Waals surface area (Å²) >= 11 is 0. The van der Waals surface area contributed by atoms with Gasteiger partial charge in [0.15, 0.2) is 0 Å². The van der Waals surface area contributed by atoms with Crippen LogP contribution in [-0.4, -0.2) is 54.3 Å². The monoisotopic (exact) mass is 247 g/mol. The number of hydrogen-bond acceptors (Lipinski definition) is 4. The van der Waals surface area contributed by atoms with Gasteiger partial charge in [-0.15, -0.1) is 0 Å². The van der Waals surface area contributed by atoms with Crippen LogP contribution in [0.4, 0.5) is 5.82 Å². The van der Waals surface area contributed by atoms with E-state index in [4.69, 9.17) is 5.11 Å². The number of aliphatic hydroxyl groups is 1. The first kappa shape index (κ1) is 13.1. The van der Waals surface area contributed by atoms with Crippen LogP contribution in [0.2, 0.25) is 0 Å². The first-order valence-corrected chi connectivity index (χ1v) is 6.41. The van der Waals surface area contributed by atoms with Gasteiger partial charge in [-0.3, -0.25) is 4.90 Å². The number of aromatic nitrogens is 1. The van der Waals surface area contributed by atoms with Gasteiger partial charge in [0.05, 0.1) is 6.61 Å². The van der Waals surface area contributed by atoms with Crippen molar-refractivity contribution in [3.05, 3.63) is 30.5 Å². The van der Waals surface area contributed by atoms with Gasteiger partial charge in [0.2, 0.25) is 0 Å². The zero-order chi connectivity index (χ0) is 13.0. The summed E-state index contributed by atoms with van der Waals surface area (Å²) < 4.78 is 0. The maximum atomic E-state index is 8.92. The lowest BCUT2D eigenvalue weighted by Crippen LogP contribution is -2.47. The third-order valence-corrected chi connectivity index (χ3v) is 3.35. The normalized spacial score (nSPS) is 16.9. The predicted octanol–water partition coefficient (Wildman–Crippen LogP) is 1.23. The molecule has 0 unspecified atom stereocenters. The fourth-order valence-electron chi connectivity index (χ4n) is 2.20. The van der Waals surface area contributed by atoms with E-state index in [1.807, 2.05) is 19.2 Å². The number of piperazine rings is 1. The average Bonchev–Trinajstić information content (AvgIpc) is 2.40. The highest BCUT2D eigenvalue weighted by molar-refractivity contribution is 5.64. The van der Waals surface area contributed by atoms with Crippen molar-refractivity contribution in [2.24, 2.45) is 0 Å². The second-order valence-electron chi connectivity index (χ2n) is 4.74. The van der Waals surface area contributed by atoms with Crippen molar-refractivity contribution in [2.45, 2.75) is 6.92 Å². The van der Waals surface area contributed by atoms with Crippen molar-refractivity contribution in [1.29, 1.82) is 0 Å². The SMILES string of the molecule is C=C(C)c1ccnc(N2CCN(CCO)CC2)c1. The molecule has 0 bridgehead atoms. The summed E-state index contributed by atoms with van der Waals surface area (Å²) in [6.07, 6.45) is 1.85. The highest BCUT2D eigenvalue weighted by Crippen LogP contribution is 2.18. The number of β-amino-alcohol motifs (C(OH)–C–C–N with tert-alkyl or cyclic N) is 1. The summed E-state index contributed by atoms with van der Waals surface area (Å²) in [7, 11) is 0. The Morgan fingerprint density at radius 2 is 2.11 bits per heavy atom. The molecule has 4 nitrogen and oxygen atoms in total. The molecule has 4 heteroatoms. The summed E-state index contributed by atoms with van der Waals surface area (Å²) in [5.74, 6) is 1.03. The molecular weight excluding hydrogens is 226 g/mol. The Balaban J connectivity index is 2.01. The fraction of sp³-hybridized carbons (Fsp3) is 0.500. The van der Waals surface area contributed by atoms with Crippen molar-refractivity contribution >= 4 is 11.4 Å². The van der Waals surface area contributed by atoms with E-state index in [2.05, 4.69) is 27.4 Å². The van der Waals surface area contributed by atoms with Crippen LogP contribution in [0.15, 0.2) is 24.9 Å². The molecule has 0 aromatic carbocycles. The van der Waals surface area contributed by atoms with Crippen LogP contribution in [0.3, 0.4) is 0 Å². The molecule has 1 aliphatic rings. The highest BCUT2D eigenvalue weighted by Gasteiger charge is 2.17. The first-order chi connectivity index (χ1) is 8.70. The van der Waals surface area contributed by atoms with E-state index in [0.29, 0.717) is 0 Å². The molecule has 0 radical (unpaired) electrons. The lowest BCUT2D eigenvalue weighted by Gasteiger charge is -2.35. The Bertz CT molecular complexity index is 411. The number of aliphatic hydroxyl groups excluding tert-OH is 1. The summed E-state index contributed by atoms with van der Waals surface area (Å²) in [5.41, 5.74) is 2.22. The van der Waals surface area contributed by atoms with E-state index in [0.717, 1.165) is 49.7 Å². The summed E-state index contributed by atoms with van der Waals surface area (Å²) in [4.78, 5) is 9.00. The highest BCUT2D eigenvalue weighted by atomic mass is 16.3. The quantitative estimate of drug-likeness (QED) is 0.868. The van der Waals surface area contributed by atoms with E-state index in [1.54, 1.807) is 0 Å². The Hall–Kier alpha value is -1.39. The molecule has 1 aromatic rings. The van der Waals surface area contributed by atoms with Gasteiger partial charge in [-0.2, -0.15) is 0 Å². The summed E-state index contributed by atoms with van der Waals surface area (Å²) in [6, 6.07) is 4.10. The zero-order valence-corrected chi connectivity index (χ0v) is 11.0. The number of rotatable bonds is 4. The third kappa shape index (κ3) is 3.09. The summed E-state index contributed by atoms with van der Waals surface area (Å²) in [5, 5.41) is 8.92. The molecule has 18 heavy (non-hydrogen) atoms. The second-order valence-corrected chi connectivity index (χ2v) is 4.74. The van der Waals surface area contributed by atoms with Crippen molar-refractivity contribution < 1.29 is 5.11 Å². The van der Waals surface area contributed by atoms with Gasteiger partial charge in [-0.25, -0.2) is 4.98 Å². The van der Waals surface area contributed by atoms with Gasteiger partial charge in [0.1, 0.15) is 5.82 Å². The standard InChI is InChI=1S/C14H21N3O/c1-12(2)13-3-4-15-14(11-13)17-7-5-16(6-8-17)9-10-18/h3-4,11,18H,1,5-10H2,2H3. The molecule has 0 saturated carbocycles. The molecule has 0 spiro atoms. The molecule has 0 aliphatic carbocycles. The van der Waals surface area contributed by atoms with Crippen LogP contribution < -0.4 is 4.90 Å². The minimum Gasteiger partial charge on any atom is -0.395 e. The molecule has 0 amide bonds. The number of anilines is 1. The number of hydrogen-bond donors (Lipinski definition) is 1. The van der Waals surface area contributed by atoms with E-state index < -0.39 is 0 Å². The van der Waals surface area contributed by atoms with Gasteiger partial charge in [0, 0.05) is 38.9 Å². The minimum absolute atomic E-state index is 0.239. The average molecular weight is 247 g/mol. The van der Waals surface area contributed by atoms with Crippen LogP contribution in [0.25, 0.3) is 5.57 Å². The third-order valence-electron chi connectivity index (χ3n) is 3.35. The Labute approximate surface area is 109 Å². The smallest absolute Gasteiger partial charge is 0.129 e. The van der Waals surface area contributed by atoms with Crippen molar-refractivity contribution in [1.82, 2.24) is 9.88 Å². The Morgan fingerprint density at radius 3 is 2.72 bits per heavy atom. The molecule has 2 rings (SSSR count). The first-order valence-electron chi connectivity index (χ1n) is 6.41. The largest absolute Gasteiger partial charge is 0.395 e. The van der Waals surface area contributed by atoms with Crippen molar-refractivity contribution in [2.75, 3.05) is 44.2 Å². The summed E-state index contributed by atoms with van der Waals surface area (Å²) in [6.45, 7) is 10.9. The maximum absolute atomic E-state index is 8.92. The van der Waals surface area contributed by atoms with Gasteiger partial charge in [-0.05, 0) is 24.6 Å². The molecule has 98 valence electrons. The number of allylic oxidation sites excluding steroid dienone is 1. The van der Waals surface area contributed by atoms with Crippen molar-refractivity contribution in [3.63, 3.8) is 0 Å². The molecule has 1 fully saturated rings. The van der Waals surface area contributed by atoms with Crippen LogP contribution in [0.1, 0.15) is 12.5 Å². The van der Waals surface area contributed by atoms with Gasteiger partial charge >= 0.3 is 0 Å². The molecule has 1 saturated heterocycles. The topological polar surface area (TPSA) is 39.6 Å². The number of pyridine rings is 1. The lowest BCUT2D eigenvalue weighted by molar-refractivity contribution is 0.188. The van der Waals surface area contributed by atoms with E-state index in [9.17, 15) is 0 Å². The molecule has 1 aromatic heterocycles. The van der Waals surface area contributed by atoms with E-state index in [-0.39, 0.29) is 6.61 Å². The van der Waals surface area contributed by atoms with Crippen LogP contribution in [0.5, 0.6) is 0 Å². The van der Waals surface area contributed by atoms with Gasteiger partial charge in [0.25, 0.3) is 0 Å². The predicted molar refractivity (Wildman–Crippen MR) is 74.7 cm³/mol. The van der Waals surface area contributed by atoms with Gasteiger partial charge in [-0.1, -0.05) is 12.2 Å². The van der Waals surface area contributed by atoms with Crippen LogP contribution in [0, 0.1) is 0 Å². The van der Waals surface area contributed by atoms with E-state index in [1.165, 1.54) is 0 Å². The number of nitrogens with zero attached hydrogens (tertiary/aromatic N) is 3. The molecule has 2 heterocycles. The zero-order valence-electron chi connectivity index (χ0n) is 11.0. The van der Waals surface area contributed by atoms with Crippen LogP contribution in [-0.2, 0) is 0 Å². The molecule has 1 N–H and O–H groups in total. The molecular formula is C14H21N3O. The van der Waals surface area contributed by atoms with Gasteiger partial charge < -0.3 is 10.0 Å². The Kier molecular flexibility index (Phi) is 4.33. The maximum Gasteiger partial charge on any atom is 0.129 e. The van der Waals surface area contributed by atoms with Crippen molar-refractivity contribution in [3.8, 4) is 0 Å². The van der Waals surface area contributed by atoms with E-state index >= 15 is 0 Å². The Morgan fingerprint density at radius 1 is 1.39 bits per heavy atom. The van der Waals surface area contributed by atoms with Crippen LogP contribution >= 0.6 is 0 Å². The fourth-order valence-corrected chi connectivity index (χ4v) is 2.20. The lowest BCUT2D eigenvalue weighted by atomic mass is 10.1. The second kappa shape index (κ2) is 5.98.